The molecule has 23 heavy (non-hydrogen) atoms. The largest absolute Gasteiger partial charge is 0.367 e. The highest BCUT2D eigenvalue weighted by atomic mass is 32.1. The maximum Gasteiger partial charge on any atom is 0.321 e. The van der Waals surface area contributed by atoms with Gasteiger partial charge in [-0.25, -0.2) is 4.79 Å². The molecule has 0 saturated heterocycles. The van der Waals surface area contributed by atoms with Gasteiger partial charge in [0.15, 0.2) is 0 Å². The second-order valence-electron chi connectivity index (χ2n) is 5.69. The molecular weight excluding hydrogens is 306 g/mol. The van der Waals surface area contributed by atoms with E-state index in [4.69, 9.17) is 0 Å². The highest BCUT2D eigenvalue weighted by Crippen LogP contribution is 2.28. The average molecular weight is 329 g/mol. The Labute approximate surface area is 141 Å². The minimum absolute atomic E-state index is 0.0383. The zero-order valence-electron chi connectivity index (χ0n) is 13.7. The van der Waals surface area contributed by atoms with E-state index >= 15 is 0 Å². The van der Waals surface area contributed by atoms with E-state index in [1.165, 1.54) is 16.1 Å². The Balaban J connectivity index is 1.65. The van der Waals surface area contributed by atoms with Gasteiger partial charge in [0, 0.05) is 42.4 Å². The number of amides is 2. The number of benzene rings is 1. The summed E-state index contributed by atoms with van der Waals surface area (Å²) in [6.07, 6.45) is 1.12. The number of carbonyl (C=O) groups excluding carboxylic acids is 1. The zero-order chi connectivity index (χ0) is 16.2. The average Bonchev–Trinajstić information content (AvgIpc) is 3.04. The predicted octanol–water partition coefficient (Wildman–Crippen LogP) is 4.18. The molecular formula is C18H23N3OS. The molecule has 0 fully saturated rings. The molecule has 0 spiro atoms. The van der Waals surface area contributed by atoms with Gasteiger partial charge in [-0.15, -0.1) is 11.3 Å². The first kappa shape index (κ1) is 15.9. The van der Waals surface area contributed by atoms with Crippen molar-refractivity contribution in [3.8, 4) is 0 Å². The fourth-order valence-corrected chi connectivity index (χ4v) is 3.83. The topological polar surface area (TPSA) is 35.6 Å². The van der Waals surface area contributed by atoms with E-state index in [2.05, 4.69) is 33.8 Å². The lowest BCUT2D eigenvalue weighted by molar-refractivity contribution is 0.217. The Morgan fingerprint density at radius 3 is 2.65 bits per heavy atom. The summed E-state index contributed by atoms with van der Waals surface area (Å²) >= 11 is 1.86. The highest BCUT2D eigenvalue weighted by molar-refractivity contribution is 7.10. The van der Waals surface area contributed by atoms with Crippen LogP contribution in [0.4, 0.5) is 16.2 Å². The molecule has 0 atom stereocenters. The number of nitrogens with zero attached hydrogens (tertiary/aromatic N) is 2. The molecule has 122 valence electrons. The molecule has 0 bridgehead atoms. The first-order valence-electron chi connectivity index (χ1n) is 8.17. The van der Waals surface area contributed by atoms with Crippen LogP contribution < -0.4 is 10.2 Å². The van der Waals surface area contributed by atoms with Gasteiger partial charge in [-0.3, -0.25) is 0 Å². The monoisotopic (exact) mass is 329 g/mol. The quantitative estimate of drug-likeness (QED) is 0.913. The minimum Gasteiger partial charge on any atom is -0.367 e. The Kier molecular flexibility index (Phi) is 4.86. The number of hydrogen-bond acceptors (Lipinski definition) is 3. The van der Waals surface area contributed by atoms with Crippen LogP contribution in [0, 0.1) is 0 Å². The van der Waals surface area contributed by atoms with Gasteiger partial charge < -0.3 is 15.1 Å². The van der Waals surface area contributed by atoms with Crippen LogP contribution in [-0.4, -0.2) is 30.6 Å². The molecule has 0 radical (unpaired) electrons. The number of fused-ring (bicyclic) bond motifs is 1. The van der Waals surface area contributed by atoms with Crippen molar-refractivity contribution in [1.29, 1.82) is 0 Å². The van der Waals surface area contributed by atoms with Crippen LogP contribution in [0.3, 0.4) is 0 Å². The number of urea groups is 1. The highest BCUT2D eigenvalue weighted by Gasteiger charge is 2.17. The van der Waals surface area contributed by atoms with Crippen molar-refractivity contribution in [3.63, 3.8) is 0 Å². The molecule has 1 aromatic heterocycles. The number of nitrogens with one attached hydrogen (secondary N) is 1. The first-order chi connectivity index (χ1) is 11.2. The van der Waals surface area contributed by atoms with Crippen molar-refractivity contribution in [2.24, 2.45) is 0 Å². The lowest BCUT2D eigenvalue weighted by Gasteiger charge is -2.29. The third kappa shape index (κ3) is 3.50. The molecule has 2 amide bonds. The van der Waals surface area contributed by atoms with E-state index < -0.39 is 0 Å². The van der Waals surface area contributed by atoms with Gasteiger partial charge in [-0.2, -0.15) is 0 Å². The molecule has 1 aliphatic heterocycles. The van der Waals surface area contributed by atoms with Crippen molar-refractivity contribution in [1.82, 2.24) is 4.90 Å². The van der Waals surface area contributed by atoms with Gasteiger partial charge in [-0.05, 0) is 61.5 Å². The normalized spacial score (nSPS) is 13.6. The van der Waals surface area contributed by atoms with Crippen LogP contribution in [0.15, 0.2) is 35.7 Å². The maximum absolute atomic E-state index is 12.1. The maximum atomic E-state index is 12.1. The van der Waals surface area contributed by atoms with Gasteiger partial charge in [0.2, 0.25) is 0 Å². The standard InChI is InChI=1S/C18H23N3OS/c1-3-20(4-2)18(22)19-15-5-7-16(8-6-15)21-11-9-17-14(13-21)10-12-23-17/h5-8,10,12H,3-4,9,11,13H2,1-2H3,(H,19,22). The summed E-state index contributed by atoms with van der Waals surface area (Å²) in [6, 6.07) is 10.3. The lowest BCUT2D eigenvalue weighted by atomic mass is 10.1. The van der Waals surface area contributed by atoms with Gasteiger partial charge in [0.1, 0.15) is 0 Å². The third-order valence-corrected chi connectivity index (χ3v) is 5.37. The Morgan fingerprint density at radius 2 is 1.96 bits per heavy atom. The summed E-state index contributed by atoms with van der Waals surface area (Å²) in [5, 5.41) is 5.14. The molecule has 2 aromatic rings. The van der Waals surface area contributed by atoms with Crippen LogP contribution in [0.2, 0.25) is 0 Å². The fraction of sp³-hybridized carbons (Fsp3) is 0.389. The Bertz CT molecular complexity index is 661. The molecule has 1 aliphatic rings. The Hall–Kier alpha value is -2.01. The second kappa shape index (κ2) is 7.04. The van der Waals surface area contributed by atoms with E-state index in [1.54, 1.807) is 4.90 Å². The molecule has 0 aliphatic carbocycles. The molecule has 5 heteroatoms. The number of thiophene rings is 1. The van der Waals surface area contributed by atoms with Crippen molar-refractivity contribution in [2.75, 3.05) is 29.9 Å². The van der Waals surface area contributed by atoms with Crippen LogP contribution in [0.1, 0.15) is 24.3 Å². The second-order valence-corrected chi connectivity index (χ2v) is 6.69. The Morgan fingerprint density at radius 1 is 1.22 bits per heavy atom. The third-order valence-electron chi connectivity index (χ3n) is 4.34. The first-order valence-corrected chi connectivity index (χ1v) is 9.05. The van der Waals surface area contributed by atoms with Crippen LogP contribution in [0.5, 0.6) is 0 Å². The van der Waals surface area contributed by atoms with E-state index in [0.717, 1.165) is 38.3 Å². The summed E-state index contributed by atoms with van der Waals surface area (Å²) in [5.41, 5.74) is 3.50. The fourth-order valence-electron chi connectivity index (χ4n) is 2.94. The lowest BCUT2D eigenvalue weighted by Crippen LogP contribution is -2.34. The van der Waals surface area contributed by atoms with Gasteiger partial charge >= 0.3 is 6.03 Å². The van der Waals surface area contributed by atoms with Crippen molar-refractivity contribution >= 4 is 28.7 Å². The smallest absolute Gasteiger partial charge is 0.321 e. The number of carbonyl (C=O) groups is 1. The van der Waals surface area contributed by atoms with Gasteiger partial charge in [0.05, 0.1) is 0 Å². The number of rotatable bonds is 4. The molecule has 1 aromatic carbocycles. The van der Waals surface area contributed by atoms with Gasteiger partial charge in [-0.1, -0.05) is 0 Å². The van der Waals surface area contributed by atoms with E-state index in [9.17, 15) is 4.79 Å². The van der Waals surface area contributed by atoms with E-state index in [0.29, 0.717) is 0 Å². The SMILES string of the molecule is CCN(CC)C(=O)Nc1ccc(N2CCc3sccc3C2)cc1. The van der Waals surface area contributed by atoms with E-state index in [-0.39, 0.29) is 6.03 Å². The van der Waals surface area contributed by atoms with Gasteiger partial charge in [0.25, 0.3) is 0 Å². The summed E-state index contributed by atoms with van der Waals surface area (Å²) < 4.78 is 0. The summed E-state index contributed by atoms with van der Waals surface area (Å²) in [5.74, 6) is 0. The predicted molar refractivity (Wildman–Crippen MR) is 97.5 cm³/mol. The summed E-state index contributed by atoms with van der Waals surface area (Å²) in [4.78, 5) is 17.8. The molecule has 3 rings (SSSR count). The molecule has 2 heterocycles. The minimum atomic E-state index is -0.0383. The van der Waals surface area contributed by atoms with Crippen molar-refractivity contribution in [3.05, 3.63) is 46.2 Å². The number of anilines is 2. The van der Waals surface area contributed by atoms with Crippen LogP contribution >= 0.6 is 11.3 Å². The molecule has 0 saturated carbocycles. The van der Waals surface area contributed by atoms with Crippen LogP contribution in [0.25, 0.3) is 0 Å². The molecule has 4 nitrogen and oxygen atoms in total. The zero-order valence-corrected chi connectivity index (χ0v) is 14.5. The molecule has 0 unspecified atom stereocenters. The summed E-state index contributed by atoms with van der Waals surface area (Å²) in [6.45, 7) is 7.44. The van der Waals surface area contributed by atoms with Crippen molar-refractivity contribution < 1.29 is 4.79 Å². The van der Waals surface area contributed by atoms with Crippen molar-refractivity contribution in [2.45, 2.75) is 26.8 Å². The number of hydrogen-bond donors (Lipinski definition) is 1. The summed E-state index contributed by atoms with van der Waals surface area (Å²) in [7, 11) is 0. The molecule has 1 N–H and O–H groups in total. The van der Waals surface area contributed by atoms with Crippen LogP contribution in [-0.2, 0) is 13.0 Å². The van der Waals surface area contributed by atoms with E-state index in [1.807, 2.05) is 37.3 Å².